The van der Waals surface area contributed by atoms with Gasteiger partial charge in [-0.1, -0.05) is 35.9 Å². The van der Waals surface area contributed by atoms with E-state index in [9.17, 15) is 9.59 Å². The van der Waals surface area contributed by atoms with E-state index in [1.807, 2.05) is 43.3 Å². The summed E-state index contributed by atoms with van der Waals surface area (Å²) in [5, 5.41) is 3.45. The van der Waals surface area contributed by atoms with Crippen LogP contribution in [0.1, 0.15) is 12.0 Å². The second-order valence-electron chi connectivity index (χ2n) is 5.69. The summed E-state index contributed by atoms with van der Waals surface area (Å²) in [6.07, 6.45) is 0.223. The van der Waals surface area contributed by atoms with Crippen LogP contribution in [0.3, 0.4) is 0 Å². The average Bonchev–Trinajstić information content (AvgIpc) is 2.94. The molecule has 1 aliphatic rings. The summed E-state index contributed by atoms with van der Waals surface area (Å²) in [5.41, 5.74) is 2.45. The lowest BCUT2D eigenvalue weighted by atomic mass is 10.1. The topological polar surface area (TPSA) is 49.4 Å². The number of anilines is 2. The maximum absolute atomic E-state index is 12.5. The van der Waals surface area contributed by atoms with E-state index in [2.05, 4.69) is 5.32 Å². The van der Waals surface area contributed by atoms with Gasteiger partial charge in [0.05, 0.1) is 5.92 Å². The van der Waals surface area contributed by atoms with E-state index in [1.165, 1.54) is 0 Å². The number of para-hydroxylation sites is 1. The van der Waals surface area contributed by atoms with Crippen molar-refractivity contribution in [1.82, 2.24) is 0 Å². The second kappa shape index (κ2) is 6.42. The number of hydrogen-bond acceptors (Lipinski definition) is 2. The average molecular weight is 329 g/mol. The molecule has 0 bridgehead atoms. The minimum absolute atomic E-state index is 0.0285. The molecule has 1 heterocycles. The largest absolute Gasteiger partial charge is 0.325 e. The summed E-state index contributed by atoms with van der Waals surface area (Å²) in [5.74, 6) is -0.539. The van der Waals surface area contributed by atoms with Gasteiger partial charge in [-0.25, -0.2) is 0 Å². The molecule has 0 aliphatic carbocycles. The van der Waals surface area contributed by atoms with Crippen molar-refractivity contribution in [2.45, 2.75) is 13.3 Å². The number of rotatable bonds is 3. The van der Waals surface area contributed by atoms with Gasteiger partial charge in [0.2, 0.25) is 11.8 Å². The molecule has 0 saturated carbocycles. The van der Waals surface area contributed by atoms with Crippen LogP contribution in [0.5, 0.6) is 0 Å². The van der Waals surface area contributed by atoms with Crippen LogP contribution < -0.4 is 10.2 Å². The van der Waals surface area contributed by atoms with Gasteiger partial charge in [0.1, 0.15) is 0 Å². The van der Waals surface area contributed by atoms with Gasteiger partial charge in [-0.3, -0.25) is 9.59 Å². The van der Waals surface area contributed by atoms with Gasteiger partial charge in [0.15, 0.2) is 0 Å². The molecule has 1 aliphatic heterocycles. The van der Waals surface area contributed by atoms with E-state index < -0.39 is 0 Å². The fourth-order valence-electron chi connectivity index (χ4n) is 2.70. The van der Waals surface area contributed by atoms with E-state index in [0.717, 1.165) is 11.3 Å². The van der Waals surface area contributed by atoms with Crippen LogP contribution in [-0.2, 0) is 9.59 Å². The van der Waals surface area contributed by atoms with Gasteiger partial charge < -0.3 is 10.2 Å². The predicted octanol–water partition coefficient (Wildman–Crippen LogP) is 3.64. The number of carbonyl (C=O) groups excluding carboxylic acids is 2. The lowest BCUT2D eigenvalue weighted by Gasteiger charge is -2.17. The number of aryl methyl sites for hydroxylation is 1. The molecule has 0 aromatic heterocycles. The smallest absolute Gasteiger partial charge is 0.229 e. The number of benzene rings is 2. The van der Waals surface area contributed by atoms with Crippen molar-refractivity contribution in [2.75, 3.05) is 16.8 Å². The van der Waals surface area contributed by atoms with E-state index in [0.29, 0.717) is 17.3 Å². The van der Waals surface area contributed by atoms with Crippen LogP contribution in [-0.4, -0.2) is 18.4 Å². The minimum Gasteiger partial charge on any atom is -0.325 e. The SMILES string of the molecule is Cc1ccc(Cl)cc1NC(=O)[C@@H]1CC(=O)N(c2ccccc2)C1. The third-order valence-corrected chi connectivity index (χ3v) is 4.26. The normalized spacial score (nSPS) is 17.4. The summed E-state index contributed by atoms with van der Waals surface area (Å²) in [6.45, 7) is 2.30. The molecule has 0 radical (unpaired) electrons. The summed E-state index contributed by atoms with van der Waals surface area (Å²) >= 11 is 5.97. The van der Waals surface area contributed by atoms with Gasteiger partial charge in [-0.2, -0.15) is 0 Å². The molecule has 1 N–H and O–H groups in total. The van der Waals surface area contributed by atoms with Crippen molar-refractivity contribution in [1.29, 1.82) is 0 Å². The number of hydrogen-bond donors (Lipinski definition) is 1. The van der Waals surface area contributed by atoms with E-state index in [1.54, 1.807) is 17.0 Å². The summed E-state index contributed by atoms with van der Waals surface area (Å²) in [4.78, 5) is 26.3. The Hall–Kier alpha value is -2.33. The summed E-state index contributed by atoms with van der Waals surface area (Å²) in [7, 11) is 0. The summed E-state index contributed by atoms with van der Waals surface area (Å²) < 4.78 is 0. The maximum atomic E-state index is 12.5. The van der Waals surface area contributed by atoms with Crippen molar-refractivity contribution in [3.05, 3.63) is 59.1 Å². The van der Waals surface area contributed by atoms with E-state index in [-0.39, 0.29) is 24.2 Å². The molecule has 1 saturated heterocycles. The number of nitrogens with one attached hydrogen (secondary N) is 1. The first-order valence-corrected chi connectivity index (χ1v) is 7.85. The molecule has 23 heavy (non-hydrogen) atoms. The van der Waals surface area contributed by atoms with Gasteiger partial charge in [-0.15, -0.1) is 0 Å². The first kappa shape index (κ1) is 15.6. The van der Waals surface area contributed by atoms with Crippen molar-refractivity contribution in [3.8, 4) is 0 Å². The molecule has 0 spiro atoms. The minimum atomic E-state index is -0.360. The van der Waals surface area contributed by atoms with Gasteiger partial charge >= 0.3 is 0 Å². The number of amides is 2. The molecular weight excluding hydrogens is 312 g/mol. The first-order chi connectivity index (χ1) is 11.0. The van der Waals surface area contributed by atoms with Crippen LogP contribution in [0.2, 0.25) is 5.02 Å². The van der Waals surface area contributed by atoms with Gasteiger partial charge in [0, 0.05) is 29.4 Å². The Balaban J connectivity index is 1.72. The quantitative estimate of drug-likeness (QED) is 0.935. The lowest BCUT2D eigenvalue weighted by molar-refractivity contribution is -0.122. The highest BCUT2D eigenvalue weighted by atomic mass is 35.5. The van der Waals surface area contributed by atoms with Crippen LogP contribution in [0.15, 0.2) is 48.5 Å². The fraction of sp³-hybridized carbons (Fsp3) is 0.222. The van der Waals surface area contributed by atoms with Crippen LogP contribution in [0, 0.1) is 12.8 Å². The maximum Gasteiger partial charge on any atom is 0.229 e. The Bertz CT molecular complexity index is 746. The third kappa shape index (κ3) is 3.37. The van der Waals surface area contributed by atoms with E-state index in [4.69, 9.17) is 11.6 Å². The van der Waals surface area contributed by atoms with Crippen LogP contribution in [0.4, 0.5) is 11.4 Å². The second-order valence-corrected chi connectivity index (χ2v) is 6.13. The Morgan fingerprint density at radius 1 is 1.22 bits per heavy atom. The third-order valence-electron chi connectivity index (χ3n) is 4.02. The highest BCUT2D eigenvalue weighted by Gasteiger charge is 2.35. The highest BCUT2D eigenvalue weighted by molar-refractivity contribution is 6.31. The molecular formula is C18H17ClN2O2. The van der Waals surface area contributed by atoms with Crippen molar-refractivity contribution in [3.63, 3.8) is 0 Å². The molecule has 1 atom stereocenters. The molecule has 5 heteroatoms. The summed E-state index contributed by atoms with van der Waals surface area (Å²) in [6, 6.07) is 14.8. The van der Waals surface area contributed by atoms with Crippen molar-refractivity contribution >= 4 is 34.8 Å². The Kier molecular flexibility index (Phi) is 4.35. The molecule has 0 unspecified atom stereocenters. The van der Waals surface area contributed by atoms with Gasteiger partial charge in [0.25, 0.3) is 0 Å². The fourth-order valence-corrected chi connectivity index (χ4v) is 2.88. The zero-order valence-electron chi connectivity index (χ0n) is 12.8. The van der Waals surface area contributed by atoms with Crippen molar-refractivity contribution in [2.24, 2.45) is 5.92 Å². The van der Waals surface area contributed by atoms with Gasteiger partial charge in [-0.05, 0) is 36.8 Å². The monoisotopic (exact) mass is 328 g/mol. The predicted molar refractivity (Wildman–Crippen MR) is 91.7 cm³/mol. The van der Waals surface area contributed by atoms with Crippen LogP contribution in [0.25, 0.3) is 0 Å². The first-order valence-electron chi connectivity index (χ1n) is 7.47. The van der Waals surface area contributed by atoms with E-state index >= 15 is 0 Å². The Labute approximate surface area is 140 Å². The zero-order valence-corrected chi connectivity index (χ0v) is 13.5. The number of halogens is 1. The number of carbonyl (C=O) groups is 2. The Morgan fingerprint density at radius 2 is 1.96 bits per heavy atom. The van der Waals surface area contributed by atoms with Crippen LogP contribution >= 0.6 is 11.6 Å². The Morgan fingerprint density at radius 3 is 2.70 bits per heavy atom. The molecule has 2 aromatic rings. The highest BCUT2D eigenvalue weighted by Crippen LogP contribution is 2.27. The molecule has 4 nitrogen and oxygen atoms in total. The zero-order chi connectivity index (χ0) is 16.4. The van der Waals surface area contributed by atoms with Crippen molar-refractivity contribution < 1.29 is 9.59 Å². The molecule has 2 amide bonds. The standard InChI is InChI=1S/C18H17ClN2O2/c1-12-7-8-14(19)10-16(12)20-18(23)13-9-17(22)21(11-13)15-5-3-2-4-6-15/h2-8,10,13H,9,11H2,1H3,(H,20,23)/t13-/m1/s1. The number of nitrogens with zero attached hydrogens (tertiary/aromatic N) is 1. The molecule has 3 rings (SSSR count). The molecule has 2 aromatic carbocycles. The molecule has 118 valence electrons. The molecule has 1 fully saturated rings. The lowest BCUT2D eigenvalue weighted by Crippen LogP contribution is -2.28.